The van der Waals surface area contributed by atoms with Crippen molar-refractivity contribution in [3.8, 4) is 17.1 Å². The Morgan fingerprint density at radius 1 is 1.07 bits per heavy atom. The number of hydrogen-bond acceptors (Lipinski definition) is 4. The highest BCUT2D eigenvalue weighted by Gasteiger charge is 2.28. The second-order valence-corrected chi connectivity index (χ2v) is 7.47. The van der Waals surface area contributed by atoms with Gasteiger partial charge in [0, 0.05) is 11.1 Å². The van der Waals surface area contributed by atoms with E-state index < -0.39 is 0 Å². The van der Waals surface area contributed by atoms with Gasteiger partial charge in [-0.25, -0.2) is 14.4 Å². The minimum Gasteiger partial charge on any atom is -0.442 e. The van der Waals surface area contributed by atoms with Crippen LogP contribution >= 0.6 is 0 Å². The molecule has 3 heterocycles. The molecule has 5 nitrogen and oxygen atoms in total. The topological polar surface area (TPSA) is 56.2 Å². The van der Waals surface area contributed by atoms with Gasteiger partial charge in [-0.1, -0.05) is 18.2 Å². The van der Waals surface area contributed by atoms with Crippen LogP contribution in [0.2, 0.25) is 0 Å². The highest BCUT2D eigenvalue weighted by molar-refractivity contribution is 6.15. The molecular formula is C23H17FN4O. The summed E-state index contributed by atoms with van der Waals surface area (Å²) in [5, 5.41) is 0. The fraction of sp³-hybridized carbons (Fsp3) is 0.174. The average Bonchev–Trinajstić information content (AvgIpc) is 3.33. The maximum atomic E-state index is 14.7. The van der Waals surface area contributed by atoms with Gasteiger partial charge in [0.25, 0.3) is 0 Å². The standard InChI is InChI=1S/C23H17FN4O/c24-18-4-2-1-3-16(18)22-17-9-15(14-5-6-14)7-8-19(17)28-12-27-23(20(28)10-26-22)21-11-25-13-29-21/h1-4,7-9,11-14H,5-6,10H2. The van der Waals surface area contributed by atoms with E-state index in [9.17, 15) is 4.39 Å². The second kappa shape index (κ2) is 6.24. The molecule has 2 aromatic carbocycles. The van der Waals surface area contributed by atoms with Crippen LogP contribution in [0.15, 0.2) is 70.8 Å². The zero-order valence-electron chi connectivity index (χ0n) is 15.5. The minimum atomic E-state index is -0.269. The van der Waals surface area contributed by atoms with Crippen LogP contribution in [0.1, 0.15) is 41.1 Å². The Bertz CT molecular complexity index is 1250. The van der Waals surface area contributed by atoms with E-state index in [0.717, 1.165) is 16.9 Å². The Morgan fingerprint density at radius 3 is 2.76 bits per heavy atom. The lowest BCUT2D eigenvalue weighted by molar-refractivity contribution is 0.569. The quantitative estimate of drug-likeness (QED) is 0.505. The summed E-state index contributed by atoms with van der Waals surface area (Å²) in [4.78, 5) is 13.4. The van der Waals surface area contributed by atoms with Crippen LogP contribution in [0.25, 0.3) is 17.1 Å². The van der Waals surface area contributed by atoms with Gasteiger partial charge >= 0.3 is 0 Å². The van der Waals surface area contributed by atoms with Crippen molar-refractivity contribution in [3.63, 3.8) is 0 Å². The molecule has 1 fully saturated rings. The summed E-state index contributed by atoms with van der Waals surface area (Å²) >= 11 is 0. The number of aromatic nitrogens is 3. The largest absolute Gasteiger partial charge is 0.442 e. The number of hydrogen-bond donors (Lipinski definition) is 0. The molecule has 6 heteroatoms. The highest BCUT2D eigenvalue weighted by atomic mass is 19.1. The molecule has 4 aromatic rings. The highest BCUT2D eigenvalue weighted by Crippen LogP contribution is 2.42. The van der Waals surface area contributed by atoms with E-state index in [0.29, 0.717) is 35.2 Å². The first-order chi connectivity index (χ1) is 14.3. The van der Waals surface area contributed by atoms with Gasteiger partial charge in [0.05, 0.1) is 29.8 Å². The summed E-state index contributed by atoms with van der Waals surface area (Å²) < 4.78 is 22.2. The average molecular weight is 384 g/mol. The van der Waals surface area contributed by atoms with E-state index in [1.807, 2.05) is 10.6 Å². The molecule has 0 unspecified atom stereocenters. The van der Waals surface area contributed by atoms with Crippen molar-refractivity contribution in [2.75, 3.05) is 0 Å². The van der Waals surface area contributed by atoms with Crippen LogP contribution in [0.5, 0.6) is 0 Å². The molecule has 0 N–H and O–H groups in total. The Morgan fingerprint density at radius 2 is 1.97 bits per heavy atom. The van der Waals surface area contributed by atoms with Crippen LogP contribution in [0.3, 0.4) is 0 Å². The molecule has 1 aliphatic carbocycles. The number of aliphatic imine (C=N–C) groups is 1. The normalized spacial score (nSPS) is 15.4. The molecule has 2 aromatic heterocycles. The summed E-state index contributed by atoms with van der Waals surface area (Å²) in [7, 11) is 0. The molecule has 0 radical (unpaired) electrons. The molecule has 6 rings (SSSR count). The molecule has 0 amide bonds. The maximum Gasteiger partial charge on any atom is 0.181 e. The lowest BCUT2D eigenvalue weighted by atomic mass is 9.96. The summed E-state index contributed by atoms with van der Waals surface area (Å²) in [5.41, 5.74) is 5.95. The lowest BCUT2D eigenvalue weighted by Crippen LogP contribution is -2.09. The van der Waals surface area contributed by atoms with Crippen LogP contribution in [-0.4, -0.2) is 20.2 Å². The maximum absolute atomic E-state index is 14.7. The van der Waals surface area contributed by atoms with Crippen LogP contribution in [-0.2, 0) is 6.54 Å². The number of halogens is 1. The van der Waals surface area contributed by atoms with Crippen molar-refractivity contribution < 1.29 is 8.81 Å². The minimum absolute atomic E-state index is 0.269. The van der Waals surface area contributed by atoms with Crippen molar-refractivity contribution in [3.05, 3.63) is 89.6 Å². The van der Waals surface area contributed by atoms with Gasteiger partial charge < -0.3 is 4.42 Å². The third kappa shape index (κ3) is 2.63. The summed E-state index contributed by atoms with van der Waals surface area (Å²) in [6.07, 6.45) is 7.23. The molecular weight excluding hydrogens is 367 g/mol. The zero-order chi connectivity index (χ0) is 19.4. The third-order valence-electron chi connectivity index (χ3n) is 5.63. The van der Waals surface area contributed by atoms with Crippen molar-refractivity contribution in [1.29, 1.82) is 0 Å². The molecule has 1 aliphatic heterocycles. The van der Waals surface area contributed by atoms with Crippen LogP contribution in [0, 0.1) is 5.82 Å². The van der Waals surface area contributed by atoms with Crippen LogP contribution < -0.4 is 0 Å². The number of nitrogens with zero attached hydrogens (tertiary/aromatic N) is 4. The van der Waals surface area contributed by atoms with E-state index in [4.69, 9.17) is 9.41 Å². The summed E-state index contributed by atoms with van der Waals surface area (Å²) in [6.45, 7) is 0.368. The first kappa shape index (κ1) is 16.4. The monoisotopic (exact) mass is 384 g/mol. The predicted molar refractivity (Wildman–Crippen MR) is 107 cm³/mol. The van der Waals surface area contributed by atoms with Gasteiger partial charge in [-0.2, -0.15) is 0 Å². The van der Waals surface area contributed by atoms with Crippen molar-refractivity contribution in [2.24, 2.45) is 4.99 Å². The summed E-state index contributed by atoms with van der Waals surface area (Å²) in [5.74, 6) is 0.922. The van der Waals surface area contributed by atoms with Crippen molar-refractivity contribution in [2.45, 2.75) is 25.3 Å². The Kier molecular flexibility index (Phi) is 3.53. The van der Waals surface area contributed by atoms with Gasteiger partial charge in [0.15, 0.2) is 12.2 Å². The third-order valence-corrected chi connectivity index (χ3v) is 5.63. The number of oxazole rings is 1. The van der Waals surface area contributed by atoms with E-state index in [-0.39, 0.29) is 5.82 Å². The Labute approximate surface area is 166 Å². The molecule has 2 aliphatic rings. The molecule has 1 saturated carbocycles. The van der Waals surface area contributed by atoms with Gasteiger partial charge in [-0.05, 0) is 48.6 Å². The van der Waals surface area contributed by atoms with E-state index in [2.05, 4.69) is 28.2 Å². The van der Waals surface area contributed by atoms with E-state index in [1.165, 1.54) is 30.9 Å². The molecule has 0 spiro atoms. The smallest absolute Gasteiger partial charge is 0.181 e. The zero-order valence-corrected chi connectivity index (χ0v) is 15.5. The van der Waals surface area contributed by atoms with Crippen LogP contribution in [0.4, 0.5) is 4.39 Å². The van der Waals surface area contributed by atoms with Gasteiger partial charge in [-0.3, -0.25) is 9.56 Å². The van der Waals surface area contributed by atoms with E-state index >= 15 is 0 Å². The summed E-state index contributed by atoms with van der Waals surface area (Å²) in [6, 6.07) is 13.2. The Balaban J connectivity index is 1.60. The predicted octanol–water partition coefficient (Wildman–Crippen LogP) is 4.89. The van der Waals surface area contributed by atoms with Gasteiger partial charge in [0.1, 0.15) is 17.8 Å². The van der Waals surface area contributed by atoms with Gasteiger partial charge in [0.2, 0.25) is 0 Å². The molecule has 0 saturated heterocycles. The number of benzene rings is 2. The number of fused-ring (bicyclic) bond motifs is 3. The number of imidazole rings is 1. The molecule has 0 bridgehead atoms. The van der Waals surface area contributed by atoms with Gasteiger partial charge in [-0.15, -0.1) is 0 Å². The van der Waals surface area contributed by atoms with E-state index in [1.54, 1.807) is 24.7 Å². The lowest BCUT2D eigenvalue weighted by Gasteiger charge is -2.14. The SMILES string of the molecule is Fc1ccccc1C1=NCc2c(-c3cnco3)ncn2-c2ccc(C3CC3)cc21. The molecule has 142 valence electrons. The Hall–Kier alpha value is -3.54. The first-order valence-corrected chi connectivity index (χ1v) is 9.69. The number of rotatable bonds is 3. The molecule has 29 heavy (non-hydrogen) atoms. The fourth-order valence-electron chi connectivity index (χ4n) is 4.02. The second-order valence-electron chi connectivity index (χ2n) is 7.47. The van der Waals surface area contributed by atoms with Crippen molar-refractivity contribution >= 4 is 5.71 Å². The van der Waals surface area contributed by atoms with Crippen molar-refractivity contribution in [1.82, 2.24) is 14.5 Å². The molecule has 0 atom stereocenters. The fourth-order valence-corrected chi connectivity index (χ4v) is 4.02. The first-order valence-electron chi connectivity index (χ1n) is 9.69.